The van der Waals surface area contributed by atoms with E-state index >= 15 is 0 Å². The second-order valence-corrected chi connectivity index (χ2v) is 5.29. The Hall–Kier alpha value is -3.08. The molecule has 0 fully saturated rings. The predicted molar refractivity (Wildman–Crippen MR) is 99.2 cm³/mol. The van der Waals surface area contributed by atoms with Gasteiger partial charge in [0.25, 0.3) is 0 Å². The Kier molecular flexibility index (Phi) is 7.25. The average Bonchev–Trinajstić information content (AvgIpc) is 2.66. The summed E-state index contributed by atoms with van der Waals surface area (Å²) in [7, 11) is 1.57. The van der Waals surface area contributed by atoms with Gasteiger partial charge < -0.3 is 9.47 Å². The number of hydrogen-bond donors (Lipinski definition) is 1. The number of hydrazone groups is 1. The van der Waals surface area contributed by atoms with Gasteiger partial charge in [0.15, 0.2) is 11.5 Å². The van der Waals surface area contributed by atoms with Crippen LogP contribution in [0.2, 0.25) is 0 Å². The molecule has 2 aromatic carbocycles. The maximum Gasteiger partial charge on any atom is 0.240 e. The van der Waals surface area contributed by atoms with Crippen LogP contribution in [-0.2, 0) is 11.2 Å². The number of benzene rings is 2. The molecule has 0 unspecified atom stereocenters. The zero-order chi connectivity index (χ0) is 17.9. The Balaban J connectivity index is 1.86. The molecule has 2 aromatic rings. The molecule has 0 aliphatic rings. The van der Waals surface area contributed by atoms with Gasteiger partial charge in [-0.1, -0.05) is 43.0 Å². The van der Waals surface area contributed by atoms with E-state index in [1.54, 1.807) is 31.5 Å². The zero-order valence-electron chi connectivity index (χ0n) is 14.3. The molecule has 0 heterocycles. The number of carbonyl (C=O) groups is 1. The SMILES string of the molecule is C=CCOc1ccc(/C=N\NC(=O)CCc2ccccc2)cc1OC. The van der Waals surface area contributed by atoms with Gasteiger partial charge >= 0.3 is 0 Å². The molecule has 1 amide bonds. The summed E-state index contributed by atoms with van der Waals surface area (Å²) in [5, 5.41) is 3.98. The second-order valence-electron chi connectivity index (χ2n) is 5.29. The van der Waals surface area contributed by atoms with Crippen molar-refractivity contribution in [2.75, 3.05) is 13.7 Å². The maximum absolute atomic E-state index is 11.8. The van der Waals surface area contributed by atoms with Crippen LogP contribution in [0.1, 0.15) is 17.5 Å². The summed E-state index contributed by atoms with van der Waals surface area (Å²) in [4.78, 5) is 11.8. The van der Waals surface area contributed by atoms with Crippen LogP contribution >= 0.6 is 0 Å². The molecule has 5 nitrogen and oxygen atoms in total. The number of methoxy groups -OCH3 is 1. The van der Waals surface area contributed by atoms with Crippen LogP contribution in [0.5, 0.6) is 11.5 Å². The van der Waals surface area contributed by atoms with Gasteiger partial charge in [-0.2, -0.15) is 5.10 Å². The summed E-state index contributed by atoms with van der Waals surface area (Å²) in [6.45, 7) is 4.02. The minimum absolute atomic E-state index is 0.127. The van der Waals surface area contributed by atoms with Gasteiger partial charge in [-0.15, -0.1) is 0 Å². The number of amides is 1. The molecule has 0 aliphatic heterocycles. The molecule has 0 saturated carbocycles. The van der Waals surface area contributed by atoms with Gasteiger partial charge in [-0.3, -0.25) is 4.79 Å². The van der Waals surface area contributed by atoms with Gasteiger partial charge in [-0.05, 0) is 35.7 Å². The average molecular weight is 338 g/mol. The highest BCUT2D eigenvalue weighted by Crippen LogP contribution is 2.27. The largest absolute Gasteiger partial charge is 0.493 e. The molecule has 2 rings (SSSR count). The molecule has 5 heteroatoms. The Bertz CT molecular complexity index is 727. The molecule has 0 bridgehead atoms. The number of hydrogen-bond acceptors (Lipinski definition) is 4. The normalized spacial score (nSPS) is 10.4. The fraction of sp³-hybridized carbons (Fsp3) is 0.200. The molecule has 0 aromatic heterocycles. The van der Waals surface area contributed by atoms with Crippen molar-refractivity contribution < 1.29 is 14.3 Å². The van der Waals surface area contributed by atoms with Crippen molar-refractivity contribution in [1.29, 1.82) is 0 Å². The lowest BCUT2D eigenvalue weighted by molar-refractivity contribution is -0.121. The third-order valence-electron chi connectivity index (χ3n) is 3.43. The Morgan fingerprint density at radius 3 is 2.72 bits per heavy atom. The smallest absolute Gasteiger partial charge is 0.240 e. The van der Waals surface area contributed by atoms with E-state index in [-0.39, 0.29) is 5.91 Å². The van der Waals surface area contributed by atoms with E-state index in [4.69, 9.17) is 9.47 Å². The lowest BCUT2D eigenvalue weighted by Crippen LogP contribution is -2.17. The number of carbonyl (C=O) groups excluding carboxylic acids is 1. The highest BCUT2D eigenvalue weighted by molar-refractivity contribution is 5.83. The molecule has 0 aliphatic carbocycles. The van der Waals surface area contributed by atoms with Gasteiger partial charge in [-0.25, -0.2) is 5.43 Å². The standard InChI is InChI=1S/C20H22N2O3/c1-3-13-25-18-11-9-17(14-19(18)24-2)15-21-22-20(23)12-10-16-7-5-4-6-8-16/h3-9,11,14-15H,1,10,12-13H2,2H3,(H,22,23)/b21-15-. The van der Waals surface area contributed by atoms with Gasteiger partial charge in [0, 0.05) is 6.42 Å². The highest BCUT2D eigenvalue weighted by atomic mass is 16.5. The first-order valence-corrected chi connectivity index (χ1v) is 8.00. The van der Waals surface area contributed by atoms with Crippen molar-refractivity contribution >= 4 is 12.1 Å². The summed E-state index contributed by atoms with van der Waals surface area (Å²) in [6.07, 6.45) is 4.31. The van der Waals surface area contributed by atoms with Gasteiger partial charge in [0.05, 0.1) is 13.3 Å². The van der Waals surface area contributed by atoms with E-state index < -0.39 is 0 Å². The van der Waals surface area contributed by atoms with Crippen LogP contribution in [0.3, 0.4) is 0 Å². The van der Waals surface area contributed by atoms with E-state index in [0.29, 0.717) is 30.9 Å². The Labute approximate surface area is 148 Å². The third-order valence-corrected chi connectivity index (χ3v) is 3.43. The molecule has 0 saturated heterocycles. The topological polar surface area (TPSA) is 59.9 Å². The summed E-state index contributed by atoms with van der Waals surface area (Å²) in [5.41, 5.74) is 4.46. The number of nitrogens with one attached hydrogen (secondary N) is 1. The number of nitrogens with zero attached hydrogens (tertiary/aromatic N) is 1. The molecule has 0 radical (unpaired) electrons. The van der Waals surface area contributed by atoms with Crippen LogP contribution in [0, 0.1) is 0 Å². The zero-order valence-corrected chi connectivity index (χ0v) is 14.3. The van der Waals surface area contributed by atoms with Crippen molar-refractivity contribution in [2.24, 2.45) is 5.10 Å². The first kappa shape index (κ1) is 18.3. The van der Waals surface area contributed by atoms with Crippen LogP contribution in [0.15, 0.2) is 66.3 Å². The van der Waals surface area contributed by atoms with Crippen LogP contribution < -0.4 is 14.9 Å². The van der Waals surface area contributed by atoms with Crippen molar-refractivity contribution in [3.05, 3.63) is 72.3 Å². The minimum atomic E-state index is -0.127. The van der Waals surface area contributed by atoms with Crippen molar-refractivity contribution in [1.82, 2.24) is 5.43 Å². The first-order chi connectivity index (χ1) is 12.2. The third kappa shape index (κ3) is 6.14. The van der Waals surface area contributed by atoms with Crippen molar-refractivity contribution in [3.8, 4) is 11.5 Å². The van der Waals surface area contributed by atoms with E-state index in [0.717, 1.165) is 11.1 Å². The predicted octanol–water partition coefficient (Wildman–Crippen LogP) is 3.34. The van der Waals surface area contributed by atoms with Gasteiger partial charge in [0.1, 0.15) is 6.61 Å². The monoisotopic (exact) mass is 338 g/mol. The molecular weight excluding hydrogens is 316 g/mol. The van der Waals surface area contributed by atoms with E-state index in [2.05, 4.69) is 17.1 Å². The maximum atomic E-state index is 11.8. The summed E-state index contributed by atoms with van der Waals surface area (Å²) >= 11 is 0. The van der Waals surface area contributed by atoms with Crippen molar-refractivity contribution in [3.63, 3.8) is 0 Å². The number of rotatable bonds is 9. The minimum Gasteiger partial charge on any atom is -0.493 e. The second kappa shape index (κ2) is 9.93. The molecule has 130 valence electrons. The number of ether oxygens (including phenoxy) is 2. The van der Waals surface area contributed by atoms with Crippen LogP contribution in [-0.4, -0.2) is 25.8 Å². The molecular formula is C20H22N2O3. The fourth-order valence-electron chi connectivity index (χ4n) is 2.17. The summed E-state index contributed by atoms with van der Waals surface area (Å²) < 4.78 is 10.8. The number of aryl methyl sites for hydroxylation is 1. The lowest BCUT2D eigenvalue weighted by Gasteiger charge is -2.09. The Morgan fingerprint density at radius 1 is 1.20 bits per heavy atom. The van der Waals surface area contributed by atoms with Crippen LogP contribution in [0.25, 0.3) is 0 Å². The van der Waals surface area contributed by atoms with Gasteiger partial charge in [0.2, 0.25) is 5.91 Å². The first-order valence-electron chi connectivity index (χ1n) is 8.00. The highest BCUT2D eigenvalue weighted by Gasteiger charge is 2.05. The molecule has 0 atom stereocenters. The van der Waals surface area contributed by atoms with E-state index in [9.17, 15) is 4.79 Å². The molecule has 0 spiro atoms. The fourth-order valence-corrected chi connectivity index (χ4v) is 2.17. The van der Waals surface area contributed by atoms with Crippen molar-refractivity contribution in [2.45, 2.75) is 12.8 Å². The molecule has 25 heavy (non-hydrogen) atoms. The molecule has 1 N–H and O–H groups in total. The van der Waals surface area contributed by atoms with E-state index in [1.807, 2.05) is 36.4 Å². The summed E-state index contributed by atoms with van der Waals surface area (Å²) in [6, 6.07) is 15.3. The quantitative estimate of drug-likeness (QED) is 0.433. The lowest BCUT2D eigenvalue weighted by atomic mass is 10.1. The Morgan fingerprint density at radius 2 is 2.00 bits per heavy atom. The summed E-state index contributed by atoms with van der Waals surface area (Å²) in [5.74, 6) is 1.10. The van der Waals surface area contributed by atoms with E-state index in [1.165, 1.54) is 0 Å². The van der Waals surface area contributed by atoms with Crippen LogP contribution in [0.4, 0.5) is 0 Å².